The third-order valence-electron chi connectivity index (χ3n) is 3.64. The topological polar surface area (TPSA) is 19.9 Å². The summed E-state index contributed by atoms with van der Waals surface area (Å²) in [6.45, 7) is 6.89. The lowest BCUT2D eigenvalue weighted by atomic mass is 9.88. The standard InChI is InChI=1S/C15H31O/c1-4-6-7-8-9-10-15(5-2)13-14(3)11-12-16/h14-15H,4-13H2,1-3H3. The molecule has 0 spiro atoms. The van der Waals surface area contributed by atoms with Crippen LogP contribution in [-0.4, -0.2) is 6.61 Å². The van der Waals surface area contributed by atoms with E-state index in [-0.39, 0.29) is 6.61 Å². The van der Waals surface area contributed by atoms with Crippen LogP contribution in [0.4, 0.5) is 0 Å². The maximum atomic E-state index is 10.5. The predicted molar refractivity (Wildman–Crippen MR) is 71.1 cm³/mol. The monoisotopic (exact) mass is 227 g/mol. The van der Waals surface area contributed by atoms with Gasteiger partial charge in [-0.2, -0.15) is 0 Å². The third-order valence-corrected chi connectivity index (χ3v) is 3.64. The lowest BCUT2D eigenvalue weighted by Gasteiger charge is -2.18. The second kappa shape index (κ2) is 11.4. The molecule has 1 nitrogen and oxygen atoms in total. The number of hydrogen-bond acceptors (Lipinski definition) is 0. The van der Waals surface area contributed by atoms with Crippen LogP contribution in [0, 0.1) is 11.8 Å². The van der Waals surface area contributed by atoms with Crippen LogP contribution in [0.25, 0.3) is 0 Å². The Kier molecular flexibility index (Phi) is 11.4. The lowest BCUT2D eigenvalue weighted by molar-refractivity contribution is 0.165. The molecule has 0 aromatic rings. The van der Waals surface area contributed by atoms with E-state index in [4.69, 9.17) is 0 Å². The van der Waals surface area contributed by atoms with Gasteiger partial charge in [0.25, 0.3) is 0 Å². The lowest BCUT2D eigenvalue weighted by Crippen LogP contribution is -2.07. The smallest absolute Gasteiger partial charge is 0.0824 e. The SMILES string of the molecule is CCCCCCCC(CC)CC(C)CC[O]. The second-order valence-corrected chi connectivity index (χ2v) is 5.31. The van der Waals surface area contributed by atoms with Crippen molar-refractivity contribution in [3.05, 3.63) is 0 Å². The Balaban J connectivity index is 3.50. The fourth-order valence-corrected chi connectivity index (χ4v) is 2.41. The van der Waals surface area contributed by atoms with Gasteiger partial charge in [0.05, 0.1) is 6.61 Å². The Bertz CT molecular complexity index is 133. The van der Waals surface area contributed by atoms with Gasteiger partial charge in [-0.3, -0.25) is 0 Å². The number of hydrogen-bond donors (Lipinski definition) is 0. The summed E-state index contributed by atoms with van der Waals surface area (Å²) in [5, 5.41) is 10.5. The van der Waals surface area contributed by atoms with Crippen molar-refractivity contribution < 1.29 is 5.11 Å². The molecule has 2 atom stereocenters. The van der Waals surface area contributed by atoms with Crippen LogP contribution in [0.2, 0.25) is 0 Å². The first-order chi connectivity index (χ1) is 7.74. The van der Waals surface area contributed by atoms with Crippen molar-refractivity contribution in [1.82, 2.24) is 0 Å². The van der Waals surface area contributed by atoms with Crippen LogP contribution in [0.5, 0.6) is 0 Å². The minimum atomic E-state index is 0.105. The van der Waals surface area contributed by atoms with Crippen molar-refractivity contribution in [1.29, 1.82) is 0 Å². The van der Waals surface area contributed by atoms with E-state index in [1.165, 1.54) is 51.4 Å². The van der Waals surface area contributed by atoms with Crippen LogP contribution in [0.1, 0.15) is 78.6 Å². The maximum absolute atomic E-state index is 10.5. The van der Waals surface area contributed by atoms with E-state index in [9.17, 15) is 5.11 Å². The molecule has 16 heavy (non-hydrogen) atoms. The molecule has 0 aliphatic heterocycles. The number of unbranched alkanes of at least 4 members (excludes halogenated alkanes) is 4. The van der Waals surface area contributed by atoms with E-state index >= 15 is 0 Å². The fraction of sp³-hybridized carbons (Fsp3) is 1.00. The summed E-state index contributed by atoms with van der Waals surface area (Å²) in [6.07, 6.45) is 11.7. The van der Waals surface area contributed by atoms with Crippen LogP contribution in [0.3, 0.4) is 0 Å². The first-order valence-corrected chi connectivity index (χ1v) is 7.32. The Labute approximate surface area is 103 Å². The average molecular weight is 227 g/mol. The van der Waals surface area contributed by atoms with Gasteiger partial charge < -0.3 is 0 Å². The molecule has 0 saturated carbocycles. The molecule has 0 heterocycles. The Morgan fingerprint density at radius 1 is 0.938 bits per heavy atom. The van der Waals surface area contributed by atoms with Gasteiger partial charge in [-0.1, -0.05) is 65.7 Å². The molecule has 1 heteroatoms. The van der Waals surface area contributed by atoms with Crippen molar-refractivity contribution in [2.24, 2.45) is 11.8 Å². The van der Waals surface area contributed by atoms with E-state index in [2.05, 4.69) is 20.8 Å². The van der Waals surface area contributed by atoms with Crippen molar-refractivity contribution in [3.8, 4) is 0 Å². The Morgan fingerprint density at radius 2 is 1.62 bits per heavy atom. The van der Waals surface area contributed by atoms with Gasteiger partial charge in [0.2, 0.25) is 0 Å². The maximum Gasteiger partial charge on any atom is 0.0824 e. The highest BCUT2D eigenvalue weighted by molar-refractivity contribution is 4.63. The summed E-state index contributed by atoms with van der Waals surface area (Å²) in [4.78, 5) is 0. The minimum absolute atomic E-state index is 0.105. The summed E-state index contributed by atoms with van der Waals surface area (Å²) in [7, 11) is 0. The molecule has 0 N–H and O–H groups in total. The Hall–Kier alpha value is -0.0400. The van der Waals surface area contributed by atoms with E-state index in [0.29, 0.717) is 5.92 Å². The predicted octanol–water partition coefficient (Wildman–Crippen LogP) is 5.22. The van der Waals surface area contributed by atoms with Gasteiger partial charge in [0.15, 0.2) is 0 Å². The van der Waals surface area contributed by atoms with E-state index < -0.39 is 0 Å². The summed E-state index contributed by atoms with van der Waals surface area (Å²) < 4.78 is 0. The molecule has 0 aromatic carbocycles. The van der Waals surface area contributed by atoms with E-state index in [0.717, 1.165) is 12.3 Å². The average Bonchev–Trinajstić information content (AvgIpc) is 2.27. The molecule has 0 aliphatic carbocycles. The molecule has 0 aliphatic rings. The quantitative estimate of drug-likeness (QED) is 0.431. The zero-order chi connectivity index (χ0) is 12.2. The molecule has 97 valence electrons. The zero-order valence-corrected chi connectivity index (χ0v) is 11.6. The molecular weight excluding hydrogens is 196 g/mol. The number of rotatable bonds is 11. The summed E-state index contributed by atoms with van der Waals surface area (Å²) >= 11 is 0. The van der Waals surface area contributed by atoms with Gasteiger partial charge in [-0.15, -0.1) is 0 Å². The van der Waals surface area contributed by atoms with Crippen LogP contribution >= 0.6 is 0 Å². The highest BCUT2D eigenvalue weighted by atomic mass is 16.3. The summed E-state index contributed by atoms with van der Waals surface area (Å²) in [5.41, 5.74) is 0. The molecule has 2 unspecified atom stereocenters. The third kappa shape index (κ3) is 9.21. The van der Waals surface area contributed by atoms with Crippen molar-refractivity contribution >= 4 is 0 Å². The minimum Gasteiger partial charge on any atom is -0.237 e. The van der Waals surface area contributed by atoms with Crippen LogP contribution in [-0.2, 0) is 5.11 Å². The Morgan fingerprint density at radius 3 is 2.19 bits per heavy atom. The largest absolute Gasteiger partial charge is 0.237 e. The molecule has 0 saturated heterocycles. The highest BCUT2D eigenvalue weighted by Gasteiger charge is 2.11. The molecule has 0 bridgehead atoms. The normalized spacial score (nSPS) is 15.0. The molecule has 0 rings (SSSR count). The first-order valence-electron chi connectivity index (χ1n) is 7.32. The van der Waals surface area contributed by atoms with Gasteiger partial charge in [0, 0.05) is 0 Å². The van der Waals surface area contributed by atoms with Crippen molar-refractivity contribution in [2.45, 2.75) is 78.6 Å². The van der Waals surface area contributed by atoms with Gasteiger partial charge >= 0.3 is 0 Å². The van der Waals surface area contributed by atoms with Gasteiger partial charge in [0.1, 0.15) is 0 Å². The van der Waals surface area contributed by atoms with Gasteiger partial charge in [-0.05, 0) is 24.7 Å². The summed E-state index contributed by atoms with van der Waals surface area (Å²) in [6, 6.07) is 0. The van der Waals surface area contributed by atoms with E-state index in [1.807, 2.05) is 0 Å². The zero-order valence-electron chi connectivity index (χ0n) is 11.6. The molecular formula is C15H31O. The highest BCUT2D eigenvalue weighted by Crippen LogP contribution is 2.23. The van der Waals surface area contributed by atoms with Crippen molar-refractivity contribution in [2.75, 3.05) is 6.61 Å². The van der Waals surface area contributed by atoms with Crippen LogP contribution in [0.15, 0.2) is 0 Å². The molecule has 1 radical (unpaired) electrons. The molecule has 0 amide bonds. The summed E-state index contributed by atoms with van der Waals surface area (Å²) in [5.74, 6) is 1.50. The van der Waals surface area contributed by atoms with E-state index in [1.54, 1.807) is 0 Å². The van der Waals surface area contributed by atoms with Crippen molar-refractivity contribution in [3.63, 3.8) is 0 Å². The first kappa shape index (κ1) is 16.0. The second-order valence-electron chi connectivity index (χ2n) is 5.31. The molecule has 0 fully saturated rings. The molecule has 0 aromatic heterocycles. The van der Waals surface area contributed by atoms with Crippen LogP contribution < -0.4 is 0 Å². The van der Waals surface area contributed by atoms with Gasteiger partial charge in [-0.25, -0.2) is 5.11 Å². The fourth-order valence-electron chi connectivity index (χ4n) is 2.41.